The lowest BCUT2D eigenvalue weighted by Crippen LogP contribution is -2.41. The smallest absolute Gasteiger partial charge is 0.0631 e. The van der Waals surface area contributed by atoms with Gasteiger partial charge in [-0.2, -0.15) is 0 Å². The van der Waals surface area contributed by atoms with Crippen LogP contribution < -0.4 is 0 Å². The van der Waals surface area contributed by atoms with Gasteiger partial charge in [-0.05, 0) is 57.0 Å². The molecular formula is C16H30N2O. The van der Waals surface area contributed by atoms with Gasteiger partial charge >= 0.3 is 0 Å². The summed E-state index contributed by atoms with van der Waals surface area (Å²) >= 11 is 0. The minimum Gasteiger partial charge on any atom is -0.392 e. The number of fused-ring (bicyclic) bond motifs is 2. The van der Waals surface area contributed by atoms with E-state index in [9.17, 15) is 5.11 Å². The minimum atomic E-state index is -0.106. The van der Waals surface area contributed by atoms with Crippen molar-refractivity contribution in [3.05, 3.63) is 0 Å². The van der Waals surface area contributed by atoms with E-state index in [0.717, 1.165) is 18.6 Å². The molecule has 3 aliphatic rings. The number of hydrogen-bond acceptors (Lipinski definition) is 3. The zero-order valence-corrected chi connectivity index (χ0v) is 12.8. The number of aliphatic hydroxyl groups is 1. The summed E-state index contributed by atoms with van der Waals surface area (Å²) in [5, 5.41) is 10.5. The Labute approximate surface area is 118 Å². The van der Waals surface area contributed by atoms with Crippen molar-refractivity contribution in [3.63, 3.8) is 0 Å². The van der Waals surface area contributed by atoms with Gasteiger partial charge < -0.3 is 10.0 Å². The predicted molar refractivity (Wildman–Crippen MR) is 78.1 cm³/mol. The molecule has 19 heavy (non-hydrogen) atoms. The zero-order valence-electron chi connectivity index (χ0n) is 12.8. The van der Waals surface area contributed by atoms with Gasteiger partial charge in [-0.1, -0.05) is 13.8 Å². The first kappa shape index (κ1) is 13.8. The van der Waals surface area contributed by atoms with E-state index in [1.165, 1.54) is 45.2 Å². The Balaban J connectivity index is 1.59. The van der Waals surface area contributed by atoms with Gasteiger partial charge in [-0.25, -0.2) is 0 Å². The highest BCUT2D eigenvalue weighted by Crippen LogP contribution is 2.42. The minimum absolute atomic E-state index is 0.106. The lowest BCUT2D eigenvalue weighted by Gasteiger charge is -2.31. The molecule has 110 valence electrons. The molecule has 2 heterocycles. The maximum Gasteiger partial charge on any atom is 0.0631 e. The summed E-state index contributed by atoms with van der Waals surface area (Å²) in [6.07, 6.45) is 6.36. The van der Waals surface area contributed by atoms with Crippen molar-refractivity contribution in [2.45, 2.75) is 64.1 Å². The van der Waals surface area contributed by atoms with Crippen LogP contribution in [0.25, 0.3) is 0 Å². The summed E-state index contributed by atoms with van der Waals surface area (Å²) in [6.45, 7) is 8.00. The molecule has 3 nitrogen and oxygen atoms in total. The largest absolute Gasteiger partial charge is 0.392 e. The molecule has 1 saturated carbocycles. The third-order valence-corrected chi connectivity index (χ3v) is 6.13. The second-order valence-corrected chi connectivity index (χ2v) is 7.83. The monoisotopic (exact) mass is 266 g/mol. The molecule has 4 unspecified atom stereocenters. The van der Waals surface area contributed by atoms with E-state index in [4.69, 9.17) is 0 Å². The normalized spacial score (nSPS) is 43.6. The molecule has 0 aromatic carbocycles. The molecular weight excluding hydrogens is 236 g/mol. The Morgan fingerprint density at radius 1 is 1.11 bits per heavy atom. The summed E-state index contributed by atoms with van der Waals surface area (Å²) in [6, 6.07) is 1.58. The van der Waals surface area contributed by atoms with Crippen LogP contribution in [-0.2, 0) is 0 Å². The molecule has 3 heteroatoms. The maximum atomic E-state index is 10.5. The summed E-state index contributed by atoms with van der Waals surface area (Å²) in [5.74, 6) is 0.497. The average molecular weight is 266 g/mol. The summed E-state index contributed by atoms with van der Waals surface area (Å²) in [7, 11) is 2.30. The van der Waals surface area contributed by atoms with Crippen molar-refractivity contribution in [3.8, 4) is 0 Å². The highest BCUT2D eigenvalue weighted by molar-refractivity contribution is 4.95. The van der Waals surface area contributed by atoms with Crippen molar-refractivity contribution in [2.75, 3.05) is 26.7 Å². The van der Waals surface area contributed by atoms with Crippen LogP contribution in [0.15, 0.2) is 0 Å². The molecule has 0 spiro atoms. The van der Waals surface area contributed by atoms with Gasteiger partial charge in [0, 0.05) is 25.2 Å². The molecule has 1 N–H and O–H groups in total. The first-order valence-electron chi connectivity index (χ1n) is 8.10. The van der Waals surface area contributed by atoms with Crippen LogP contribution in [0.4, 0.5) is 0 Å². The van der Waals surface area contributed by atoms with Crippen LogP contribution in [0, 0.1) is 11.3 Å². The van der Waals surface area contributed by atoms with Crippen LogP contribution >= 0.6 is 0 Å². The van der Waals surface area contributed by atoms with E-state index >= 15 is 0 Å². The van der Waals surface area contributed by atoms with Gasteiger partial charge in [0.2, 0.25) is 0 Å². The van der Waals surface area contributed by atoms with Gasteiger partial charge in [0.15, 0.2) is 0 Å². The molecule has 0 amide bonds. The molecule has 4 atom stereocenters. The van der Waals surface area contributed by atoms with E-state index in [-0.39, 0.29) is 11.5 Å². The first-order chi connectivity index (χ1) is 8.97. The molecule has 0 aromatic heterocycles. The molecule has 2 aliphatic heterocycles. The van der Waals surface area contributed by atoms with E-state index in [1.807, 2.05) is 0 Å². The average Bonchev–Trinajstić information content (AvgIpc) is 2.74. The number of nitrogens with zero attached hydrogens (tertiary/aromatic N) is 2. The Bertz CT molecular complexity index is 331. The van der Waals surface area contributed by atoms with Crippen molar-refractivity contribution in [1.29, 1.82) is 0 Å². The topological polar surface area (TPSA) is 26.7 Å². The van der Waals surface area contributed by atoms with E-state index in [1.54, 1.807) is 0 Å². The Morgan fingerprint density at radius 2 is 1.84 bits per heavy atom. The van der Waals surface area contributed by atoms with E-state index in [0.29, 0.717) is 5.92 Å². The zero-order chi connectivity index (χ0) is 13.6. The number of hydrogen-bond donors (Lipinski definition) is 1. The lowest BCUT2D eigenvalue weighted by atomic mass is 9.87. The SMILES string of the molecule is CN1C2CCC1CN(CC1CCC(C)(C)C1O)CC2. The molecule has 1 aliphatic carbocycles. The highest BCUT2D eigenvalue weighted by Gasteiger charge is 2.42. The highest BCUT2D eigenvalue weighted by atomic mass is 16.3. The third-order valence-electron chi connectivity index (χ3n) is 6.13. The summed E-state index contributed by atoms with van der Waals surface area (Å²) < 4.78 is 0. The van der Waals surface area contributed by atoms with Crippen molar-refractivity contribution < 1.29 is 5.11 Å². The van der Waals surface area contributed by atoms with Crippen molar-refractivity contribution >= 4 is 0 Å². The summed E-state index contributed by atoms with van der Waals surface area (Å²) in [4.78, 5) is 5.24. The molecule has 2 saturated heterocycles. The van der Waals surface area contributed by atoms with Crippen LogP contribution in [0.1, 0.15) is 46.0 Å². The second kappa shape index (κ2) is 5.01. The van der Waals surface area contributed by atoms with E-state index < -0.39 is 0 Å². The second-order valence-electron chi connectivity index (χ2n) is 7.83. The van der Waals surface area contributed by atoms with Crippen LogP contribution in [0.2, 0.25) is 0 Å². The fraction of sp³-hybridized carbons (Fsp3) is 1.00. The predicted octanol–water partition coefficient (Wildman–Crippen LogP) is 1.95. The first-order valence-corrected chi connectivity index (χ1v) is 8.10. The van der Waals surface area contributed by atoms with E-state index in [2.05, 4.69) is 30.7 Å². The van der Waals surface area contributed by atoms with Crippen molar-refractivity contribution in [2.24, 2.45) is 11.3 Å². The molecule has 0 radical (unpaired) electrons. The fourth-order valence-electron chi connectivity index (χ4n) is 4.57. The van der Waals surface area contributed by atoms with Gasteiger partial charge in [0.25, 0.3) is 0 Å². The Hall–Kier alpha value is -0.120. The number of aliphatic hydroxyl groups excluding tert-OH is 1. The number of likely N-dealkylation sites (N-methyl/N-ethyl adjacent to an activating group) is 1. The van der Waals surface area contributed by atoms with Gasteiger partial charge in [0.1, 0.15) is 0 Å². The number of rotatable bonds is 2. The number of likely N-dealkylation sites (tertiary alicyclic amines) is 1. The van der Waals surface area contributed by atoms with Gasteiger partial charge in [0.05, 0.1) is 6.10 Å². The molecule has 0 aromatic rings. The molecule has 2 bridgehead atoms. The van der Waals surface area contributed by atoms with Gasteiger partial charge in [-0.15, -0.1) is 0 Å². The van der Waals surface area contributed by atoms with Crippen LogP contribution in [0.3, 0.4) is 0 Å². The fourth-order valence-corrected chi connectivity index (χ4v) is 4.57. The molecule has 3 rings (SSSR count). The van der Waals surface area contributed by atoms with Crippen molar-refractivity contribution in [1.82, 2.24) is 9.80 Å². The quantitative estimate of drug-likeness (QED) is 0.827. The molecule has 3 fully saturated rings. The maximum absolute atomic E-state index is 10.5. The third kappa shape index (κ3) is 2.57. The summed E-state index contributed by atoms with van der Waals surface area (Å²) in [5.41, 5.74) is 0.131. The van der Waals surface area contributed by atoms with Crippen LogP contribution in [0.5, 0.6) is 0 Å². The van der Waals surface area contributed by atoms with Crippen LogP contribution in [-0.4, -0.2) is 59.8 Å². The standard InChI is InChI=1S/C16H30N2O/c1-16(2)8-6-12(15(16)19)10-18-9-7-13-4-5-14(11-18)17(13)3/h12-15,19H,4-11H2,1-3H3. The Morgan fingerprint density at radius 3 is 2.53 bits per heavy atom. The lowest BCUT2D eigenvalue weighted by molar-refractivity contribution is 0.0316. The van der Waals surface area contributed by atoms with Gasteiger partial charge in [-0.3, -0.25) is 4.90 Å². The Kier molecular flexibility index (Phi) is 3.65.